The molecule has 0 spiro atoms. The molecule has 7 heteroatoms. The van der Waals surface area contributed by atoms with E-state index in [0.29, 0.717) is 12.2 Å². The summed E-state index contributed by atoms with van der Waals surface area (Å²) < 4.78 is 0.933. The van der Waals surface area contributed by atoms with E-state index in [1.165, 1.54) is 0 Å². The van der Waals surface area contributed by atoms with Crippen LogP contribution in [0, 0.1) is 0 Å². The molecular formula is C7H9BrCl2N4. The molecule has 0 radical (unpaired) electrons. The maximum Gasteiger partial charge on any atom is 0.177 e. The van der Waals surface area contributed by atoms with E-state index in [0.717, 1.165) is 15.8 Å². The minimum atomic E-state index is 0. The second kappa shape index (κ2) is 5.50. The van der Waals surface area contributed by atoms with E-state index in [9.17, 15) is 0 Å². The molecule has 3 N–H and O–H groups in total. The molecule has 2 heterocycles. The minimum absolute atomic E-state index is 0. The Labute approximate surface area is 102 Å². The van der Waals surface area contributed by atoms with Crippen LogP contribution in [-0.2, 0) is 6.54 Å². The van der Waals surface area contributed by atoms with Crippen molar-refractivity contribution in [1.29, 1.82) is 0 Å². The van der Waals surface area contributed by atoms with Gasteiger partial charge in [0.05, 0.1) is 12.1 Å². The van der Waals surface area contributed by atoms with Crippen molar-refractivity contribution in [2.24, 2.45) is 5.73 Å². The molecule has 78 valence electrons. The maximum absolute atomic E-state index is 5.42. The van der Waals surface area contributed by atoms with Gasteiger partial charge in [0.1, 0.15) is 5.82 Å². The Morgan fingerprint density at radius 2 is 2.14 bits per heavy atom. The number of hydrogen-bond acceptors (Lipinski definition) is 3. The van der Waals surface area contributed by atoms with Crippen LogP contribution < -0.4 is 5.73 Å². The third-order valence-electron chi connectivity index (χ3n) is 1.55. The first kappa shape index (κ1) is 13.6. The summed E-state index contributed by atoms with van der Waals surface area (Å²) >= 11 is 3.32. The smallest absolute Gasteiger partial charge is 0.177 e. The van der Waals surface area contributed by atoms with Crippen LogP contribution in [0.3, 0.4) is 0 Å². The highest BCUT2D eigenvalue weighted by atomic mass is 79.9. The number of imidazole rings is 1. The van der Waals surface area contributed by atoms with Crippen molar-refractivity contribution in [1.82, 2.24) is 15.0 Å². The number of nitrogens with two attached hydrogens (primary N) is 1. The lowest BCUT2D eigenvalue weighted by atomic mass is 10.4. The molecule has 0 aromatic carbocycles. The van der Waals surface area contributed by atoms with Gasteiger partial charge in [-0.3, -0.25) is 0 Å². The van der Waals surface area contributed by atoms with Crippen LogP contribution in [0.5, 0.6) is 0 Å². The fourth-order valence-electron chi connectivity index (χ4n) is 1.02. The summed E-state index contributed by atoms with van der Waals surface area (Å²) in [5.74, 6) is 0.760. The van der Waals surface area contributed by atoms with Crippen molar-refractivity contribution in [3.05, 3.63) is 22.6 Å². The van der Waals surface area contributed by atoms with Gasteiger partial charge < -0.3 is 10.7 Å². The fraction of sp³-hybridized carbons (Fsp3) is 0.143. The molecule has 0 aliphatic heterocycles. The fourth-order valence-corrected chi connectivity index (χ4v) is 1.35. The Kier molecular flexibility index (Phi) is 5.36. The molecule has 4 nitrogen and oxygen atoms in total. The lowest BCUT2D eigenvalue weighted by molar-refractivity contribution is 0.956. The van der Waals surface area contributed by atoms with E-state index in [-0.39, 0.29) is 24.8 Å². The molecule has 0 saturated carbocycles. The molecule has 2 rings (SSSR count). The van der Waals surface area contributed by atoms with Crippen molar-refractivity contribution < 1.29 is 0 Å². The zero-order valence-electron chi connectivity index (χ0n) is 7.03. The highest BCUT2D eigenvalue weighted by Gasteiger charge is 2.01. The molecule has 2 aromatic rings. The molecule has 0 aliphatic rings. The number of nitrogens with zero attached hydrogens (tertiary/aromatic N) is 2. The summed E-state index contributed by atoms with van der Waals surface area (Å²) in [5, 5.41) is 0. The molecule has 0 fully saturated rings. The monoisotopic (exact) mass is 298 g/mol. The van der Waals surface area contributed by atoms with Crippen LogP contribution in [0.1, 0.15) is 5.82 Å². The highest BCUT2D eigenvalue weighted by molar-refractivity contribution is 9.10. The Balaban J connectivity index is 0.000000845. The number of nitrogens with one attached hydrogen (secondary N) is 1. The molecule has 0 unspecified atom stereocenters. The van der Waals surface area contributed by atoms with E-state index in [4.69, 9.17) is 5.73 Å². The van der Waals surface area contributed by atoms with Crippen LogP contribution in [0.4, 0.5) is 0 Å². The zero-order valence-corrected chi connectivity index (χ0v) is 10.2. The molecule has 0 bridgehead atoms. The van der Waals surface area contributed by atoms with E-state index < -0.39 is 0 Å². The molecule has 0 aliphatic carbocycles. The van der Waals surface area contributed by atoms with Gasteiger partial charge in [0.15, 0.2) is 5.65 Å². The second-order valence-corrected chi connectivity index (χ2v) is 3.33. The van der Waals surface area contributed by atoms with Crippen LogP contribution >= 0.6 is 40.7 Å². The van der Waals surface area contributed by atoms with E-state index in [1.54, 1.807) is 6.20 Å². The standard InChI is InChI=1S/C7H7BrN4.2ClH/c8-4-1-5-7(10-3-4)12-6(2-9)11-5;;/h1,3H,2,9H2,(H,10,11,12);2*1H. The van der Waals surface area contributed by atoms with Crippen molar-refractivity contribution in [2.45, 2.75) is 6.54 Å². The van der Waals surface area contributed by atoms with Crippen LogP contribution in [0.25, 0.3) is 11.2 Å². The largest absolute Gasteiger partial charge is 0.339 e. The Bertz CT molecular complexity index is 417. The number of rotatable bonds is 1. The van der Waals surface area contributed by atoms with Gasteiger partial charge >= 0.3 is 0 Å². The molecule has 0 amide bonds. The van der Waals surface area contributed by atoms with Crippen LogP contribution in [0.2, 0.25) is 0 Å². The SMILES string of the molecule is Cl.Cl.NCc1nc2ncc(Br)cc2[nH]1. The first-order chi connectivity index (χ1) is 5.79. The average Bonchev–Trinajstić information content (AvgIpc) is 2.46. The van der Waals surface area contributed by atoms with Gasteiger partial charge in [-0.05, 0) is 22.0 Å². The first-order valence-electron chi connectivity index (χ1n) is 3.50. The van der Waals surface area contributed by atoms with Gasteiger partial charge in [-0.1, -0.05) is 0 Å². The molecule has 0 atom stereocenters. The third kappa shape index (κ3) is 2.57. The number of halogens is 3. The predicted molar refractivity (Wildman–Crippen MR) is 64.0 cm³/mol. The van der Waals surface area contributed by atoms with Crippen molar-refractivity contribution >= 4 is 51.9 Å². The Morgan fingerprint density at radius 3 is 2.79 bits per heavy atom. The van der Waals surface area contributed by atoms with Crippen LogP contribution in [-0.4, -0.2) is 15.0 Å². The lowest BCUT2D eigenvalue weighted by Gasteiger charge is -1.86. The van der Waals surface area contributed by atoms with Crippen molar-refractivity contribution in [3.63, 3.8) is 0 Å². The highest BCUT2D eigenvalue weighted by Crippen LogP contribution is 2.14. The van der Waals surface area contributed by atoms with E-state index >= 15 is 0 Å². The van der Waals surface area contributed by atoms with Gasteiger partial charge in [0.25, 0.3) is 0 Å². The van der Waals surface area contributed by atoms with Crippen molar-refractivity contribution in [2.75, 3.05) is 0 Å². The molecule has 0 saturated heterocycles. The van der Waals surface area contributed by atoms with Gasteiger partial charge in [-0.25, -0.2) is 9.97 Å². The lowest BCUT2D eigenvalue weighted by Crippen LogP contribution is -1.97. The second-order valence-electron chi connectivity index (χ2n) is 2.41. The number of fused-ring (bicyclic) bond motifs is 1. The number of aromatic amines is 1. The molecular weight excluding hydrogens is 291 g/mol. The normalized spacial score (nSPS) is 9.29. The summed E-state index contributed by atoms with van der Waals surface area (Å²) in [6.45, 7) is 0.411. The summed E-state index contributed by atoms with van der Waals surface area (Å²) in [6, 6.07) is 1.93. The predicted octanol–water partition coefficient (Wildman–Crippen LogP) is 2.02. The molecule has 2 aromatic heterocycles. The summed E-state index contributed by atoms with van der Waals surface area (Å²) in [5.41, 5.74) is 7.03. The van der Waals surface area contributed by atoms with E-state index in [1.807, 2.05) is 6.07 Å². The third-order valence-corrected chi connectivity index (χ3v) is 1.98. The topological polar surface area (TPSA) is 67.6 Å². The van der Waals surface area contributed by atoms with Gasteiger partial charge in [-0.15, -0.1) is 24.8 Å². The summed E-state index contributed by atoms with van der Waals surface area (Å²) in [7, 11) is 0. The quantitative estimate of drug-likeness (QED) is 0.846. The van der Waals surface area contributed by atoms with Gasteiger partial charge in [-0.2, -0.15) is 0 Å². The first-order valence-corrected chi connectivity index (χ1v) is 4.29. The number of H-pyrrole nitrogens is 1. The molecule has 14 heavy (non-hydrogen) atoms. The van der Waals surface area contributed by atoms with Gasteiger partial charge in [0, 0.05) is 10.7 Å². The summed E-state index contributed by atoms with van der Waals surface area (Å²) in [6.07, 6.45) is 1.71. The Morgan fingerprint density at radius 1 is 1.43 bits per heavy atom. The van der Waals surface area contributed by atoms with Gasteiger partial charge in [0.2, 0.25) is 0 Å². The summed E-state index contributed by atoms with van der Waals surface area (Å²) in [4.78, 5) is 11.3. The number of hydrogen-bond donors (Lipinski definition) is 2. The minimum Gasteiger partial charge on any atom is -0.339 e. The Hall–Kier alpha value is -0.360. The van der Waals surface area contributed by atoms with E-state index in [2.05, 4.69) is 30.9 Å². The average molecular weight is 300 g/mol. The maximum atomic E-state index is 5.42. The number of aromatic nitrogens is 3. The zero-order chi connectivity index (χ0) is 8.55. The van der Waals surface area contributed by atoms with Crippen molar-refractivity contribution in [3.8, 4) is 0 Å². The van der Waals surface area contributed by atoms with Crippen LogP contribution in [0.15, 0.2) is 16.7 Å². The number of pyridine rings is 1.